The molecule has 2 unspecified atom stereocenters. The van der Waals surface area contributed by atoms with Crippen LogP contribution in [0.5, 0.6) is 0 Å². The summed E-state index contributed by atoms with van der Waals surface area (Å²) in [5.41, 5.74) is 0. The van der Waals surface area contributed by atoms with Crippen molar-refractivity contribution < 1.29 is 13.2 Å². The normalized spacial score (nSPS) is 28.8. The lowest BCUT2D eigenvalue weighted by molar-refractivity contribution is 0.0608. The van der Waals surface area contributed by atoms with E-state index in [1.807, 2.05) is 6.07 Å². The number of hydrogen-bond acceptors (Lipinski definition) is 3. The van der Waals surface area contributed by atoms with Crippen molar-refractivity contribution in [2.75, 3.05) is 13.2 Å². The average molecular weight is 318 g/mol. The molecule has 0 aromatic heterocycles. The fourth-order valence-corrected chi connectivity index (χ4v) is 5.06. The third-order valence-electron chi connectivity index (χ3n) is 3.27. The van der Waals surface area contributed by atoms with Crippen molar-refractivity contribution in [1.29, 1.82) is 0 Å². The number of fused-ring (bicyclic) bond motifs is 2. The van der Waals surface area contributed by atoms with Gasteiger partial charge in [0.1, 0.15) is 0 Å². The second-order valence-corrected chi connectivity index (χ2v) is 7.06. The van der Waals surface area contributed by atoms with E-state index >= 15 is 0 Å². The van der Waals surface area contributed by atoms with Gasteiger partial charge in [0.25, 0.3) is 0 Å². The highest BCUT2D eigenvalue weighted by atomic mass is 79.9. The van der Waals surface area contributed by atoms with Crippen molar-refractivity contribution in [1.82, 2.24) is 4.31 Å². The summed E-state index contributed by atoms with van der Waals surface area (Å²) in [6.07, 6.45) is 0.904. The Morgan fingerprint density at radius 1 is 1.35 bits per heavy atom. The Morgan fingerprint density at radius 3 is 2.71 bits per heavy atom. The lowest BCUT2D eigenvalue weighted by Gasteiger charge is -2.26. The summed E-state index contributed by atoms with van der Waals surface area (Å²) in [5.74, 6) is 0. The van der Waals surface area contributed by atoms with Crippen LogP contribution in [0.25, 0.3) is 0 Å². The predicted molar refractivity (Wildman–Crippen MR) is 66.2 cm³/mol. The molecule has 2 saturated heterocycles. The van der Waals surface area contributed by atoms with Crippen LogP contribution in [0.1, 0.15) is 6.42 Å². The van der Waals surface area contributed by atoms with Crippen molar-refractivity contribution in [3.8, 4) is 0 Å². The van der Waals surface area contributed by atoms with Crippen LogP contribution in [0.2, 0.25) is 0 Å². The van der Waals surface area contributed by atoms with Crippen molar-refractivity contribution in [3.63, 3.8) is 0 Å². The maximum absolute atomic E-state index is 12.5. The van der Waals surface area contributed by atoms with E-state index in [-0.39, 0.29) is 12.1 Å². The molecule has 92 valence electrons. The molecule has 0 N–H and O–H groups in total. The van der Waals surface area contributed by atoms with Crippen molar-refractivity contribution in [3.05, 3.63) is 28.7 Å². The third kappa shape index (κ3) is 1.83. The van der Waals surface area contributed by atoms with E-state index < -0.39 is 10.0 Å². The van der Waals surface area contributed by atoms with Gasteiger partial charge in [-0.25, -0.2) is 8.42 Å². The van der Waals surface area contributed by atoms with Crippen LogP contribution < -0.4 is 0 Å². The van der Waals surface area contributed by atoms with Crippen molar-refractivity contribution in [2.24, 2.45) is 0 Å². The zero-order valence-corrected chi connectivity index (χ0v) is 11.4. The van der Waals surface area contributed by atoms with E-state index in [0.29, 0.717) is 22.5 Å². The Bertz CT molecular complexity index is 545. The van der Waals surface area contributed by atoms with Gasteiger partial charge in [-0.05, 0) is 34.5 Å². The van der Waals surface area contributed by atoms with Gasteiger partial charge in [-0.3, -0.25) is 0 Å². The van der Waals surface area contributed by atoms with Crippen LogP contribution in [0.4, 0.5) is 0 Å². The molecule has 0 saturated carbocycles. The molecule has 2 heterocycles. The summed E-state index contributed by atoms with van der Waals surface area (Å²) in [5, 5.41) is 0. The Hall–Kier alpha value is -0.430. The van der Waals surface area contributed by atoms with E-state index in [1.165, 1.54) is 0 Å². The summed E-state index contributed by atoms with van der Waals surface area (Å²) < 4.78 is 32.6. The minimum Gasteiger partial charge on any atom is -0.375 e. The molecule has 3 rings (SSSR count). The fraction of sp³-hybridized carbons (Fsp3) is 0.455. The van der Waals surface area contributed by atoms with Gasteiger partial charge in [-0.1, -0.05) is 12.1 Å². The van der Waals surface area contributed by atoms with Crippen LogP contribution in [-0.2, 0) is 14.8 Å². The van der Waals surface area contributed by atoms with Gasteiger partial charge in [-0.2, -0.15) is 4.31 Å². The minimum atomic E-state index is -3.39. The molecule has 2 atom stereocenters. The van der Waals surface area contributed by atoms with Gasteiger partial charge in [0.2, 0.25) is 10.0 Å². The predicted octanol–water partition coefficient (Wildman–Crippen LogP) is 1.61. The van der Waals surface area contributed by atoms with Gasteiger partial charge in [0.05, 0.1) is 23.6 Å². The zero-order chi connectivity index (χ0) is 12.0. The molecule has 0 radical (unpaired) electrons. The number of nitrogens with zero attached hydrogens (tertiary/aromatic N) is 1. The smallest absolute Gasteiger partial charge is 0.244 e. The van der Waals surface area contributed by atoms with Crippen LogP contribution in [-0.4, -0.2) is 38.0 Å². The largest absolute Gasteiger partial charge is 0.375 e. The maximum atomic E-state index is 12.5. The molecule has 6 heteroatoms. The molecule has 4 nitrogen and oxygen atoms in total. The topological polar surface area (TPSA) is 46.6 Å². The molecular formula is C11H12BrNO3S. The zero-order valence-electron chi connectivity index (χ0n) is 9.04. The summed E-state index contributed by atoms with van der Waals surface area (Å²) in [7, 11) is -3.39. The monoisotopic (exact) mass is 317 g/mol. The third-order valence-corrected chi connectivity index (χ3v) is 6.20. The highest BCUT2D eigenvalue weighted by Gasteiger charge is 2.45. The first-order chi connectivity index (χ1) is 8.09. The highest BCUT2D eigenvalue weighted by Crippen LogP contribution is 2.34. The van der Waals surface area contributed by atoms with E-state index in [9.17, 15) is 8.42 Å². The van der Waals surface area contributed by atoms with Gasteiger partial charge in [0.15, 0.2) is 0 Å². The molecular weight excluding hydrogens is 306 g/mol. The molecule has 2 aliphatic heterocycles. The number of ether oxygens (including phenoxy) is 1. The molecule has 2 bridgehead atoms. The molecule has 2 aliphatic rings. The van der Waals surface area contributed by atoms with Crippen LogP contribution >= 0.6 is 15.9 Å². The molecule has 1 aromatic carbocycles. The molecule has 0 aliphatic carbocycles. The quantitative estimate of drug-likeness (QED) is 0.832. The summed E-state index contributed by atoms with van der Waals surface area (Å²) in [4.78, 5) is 0.340. The molecule has 1 aromatic rings. The van der Waals surface area contributed by atoms with Crippen LogP contribution in [0.15, 0.2) is 33.6 Å². The first-order valence-corrected chi connectivity index (χ1v) is 7.70. The van der Waals surface area contributed by atoms with E-state index in [1.54, 1.807) is 22.5 Å². The number of rotatable bonds is 2. The minimum absolute atomic E-state index is 0.0112. The Kier molecular flexibility index (Phi) is 2.77. The van der Waals surface area contributed by atoms with Gasteiger partial charge < -0.3 is 4.74 Å². The first kappa shape index (κ1) is 11.6. The number of sulfonamides is 1. The van der Waals surface area contributed by atoms with Crippen molar-refractivity contribution in [2.45, 2.75) is 23.5 Å². The number of hydrogen-bond donors (Lipinski definition) is 0. The SMILES string of the molecule is O=S(=O)(c1ccccc1Br)N1CC2CC1CO2. The van der Waals surface area contributed by atoms with Gasteiger partial charge in [-0.15, -0.1) is 0 Å². The van der Waals surface area contributed by atoms with Crippen LogP contribution in [0.3, 0.4) is 0 Å². The fourth-order valence-electron chi connectivity index (χ4n) is 2.44. The second kappa shape index (κ2) is 4.05. The maximum Gasteiger partial charge on any atom is 0.244 e. The van der Waals surface area contributed by atoms with Gasteiger partial charge >= 0.3 is 0 Å². The number of benzene rings is 1. The Balaban J connectivity index is 2.00. The standard InChI is InChI=1S/C11H12BrNO3S/c12-10-3-1-2-4-11(10)17(14,15)13-6-9-5-8(13)7-16-9/h1-4,8-9H,5-7H2. The molecule has 17 heavy (non-hydrogen) atoms. The molecule has 2 fully saturated rings. The number of halogens is 1. The van der Waals surface area contributed by atoms with Gasteiger partial charge in [0, 0.05) is 11.0 Å². The lowest BCUT2D eigenvalue weighted by atomic mass is 10.3. The highest BCUT2D eigenvalue weighted by molar-refractivity contribution is 9.10. The first-order valence-electron chi connectivity index (χ1n) is 5.47. The lowest BCUT2D eigenvalue weighted by Crippen LogP contribution is -2.41. The van der Waals surface area contributed by atoms with Crippen LogP contribution in [0, 0.1) is 0 Å². The molecule has 0 amide bonds. The molecule has 0 spiro atoms. The average Bonchev–Trinajstić information content (AvgIpc) is 2.91. The second-order valence-electron chi connectivity index (χ2n) is 4.35. The Morgan fingerprint density at radius 2 is 2.12 bits per heavy atom. The van der Waals surface area contributed by atoms with Crippen molar-refractivity contribution >= 4 is 26.0 Å². The summed E-state index contributed by atoms with van der Waals surface area (Å²) in [6, 6.07) is 6.94. The Labute approximate surface area is 109 Å². The summed E-state index contributed by atoms with van der Waals surface area (Å²) in [6.45, 7) is 1.00. The van der Waals surface area contributed by atoms with E-state index in [4.69, 9.17) is 4.74 Å². The van der Waals surface area contributed by atoms with E-state index in [0.717, 1.165) is 6.42 Å². The number of morpholine rings is 1. The van der Waals surface area contributed by atoms with E-state index in [2.05, 4.69) is 15.9 Å². The summed E-state index contributed by atoms with van der Waals surface area (Å²) >= 11 is 3.30.